The summed E-state index contributed by atoms with van der Waals surface area (Å²) in [6.45, 7) is 0.961. The van der Waals surface area contributed by atoms with Crippen LogP contribution in [0, 0.1) is 0 Å². The van der Waals surface area contributed by atoms with Crippen molar-refractivity contribution in [3.8, 4) is 0 Å². The number of nitrogens with zero attached hydrogens (tertiary/aromatic N) is 1. The van der Waals surface area contributed by atoms with Crippen molar-refractivity contribution >= 4 is 33.4 Å². The van der Waals surface area contributed by atoms with E-state index in [4.69, 9.17) is 9.15 Å². The van der Waals surface area contributed by atoms with Crippen LogP contribution in [-0.2, 0) is 4.74 Å². The molecule has 3 aromatic rings. The van der Waals surface area contributed by atoms with Crippen molar-refractivity contribution in [3.63, 3.8) is 0 Å². The Labute approximate surface area is 150 Å². The second kappa shape index (κ2) is 6.38. The number of morpholine rings is 1. The largest absolute Gasteiger partial charge is 0.455 e. The summed E-state index contributed by atoms with van der Waals surface area (Å²) in [4.78, 5) is 26.3. The Balaban J connectivity index is 2.07. The van der Waals surface area contributed by atoms with Crippen molar-refractivity contribution in [3.05, 3.63) is 52.2 Å². The smallest absolute Gasteiger partial charge is 0.439 e. The monoisotopic (exact) mass is 377 g/mol. The average Bonchev–Trinajstić information content (AvgIpc) is 2.67. The van der Waals surface area contributed by atoms with Crippen LogP contribution in [0.5, 0.6) is 0 Å². The molecule has 0 aliphatic carbocycles. The van der Waals surface area contributed by atoms with Crippen LogP contribution in [0.3, 0.4) is 0 Å². The van der Waals surface area contributed by atoms with Crippen molar-refractivity contribution < 1.29 is 27.1 Å². The van der Waals surface area contributed by atoms with Gasteiger partial charge in [0.15, 0.2) is 0 Å². The molecule has 0 saturated carbocycles. The van der Waals surface area contributed by atoms with Gasteiger partial charge in [-0.3, -0.25) is 9.59 Å². The highest BCUT2D eigenvalue weighted by molar-refractivity contribution is 6.09. The van der Waals surface area contributed by atoms with Crippen LogP contribution in [0.2, 0.25) is 0 Å². The Morgan fingerprint density at radius 2 is 1.70 bits per heavy atom. The molecule has 0 amide bonds. The molecule has 0 bridgehead atoms. The van der Waals surface area contributed by atoms with E-state index in [1.165, 1.54) is 11.0 Å². The van der Waals surface area contributed by atoms with Gasteiger partial charge in [0.05, 0.1) is 18.6 Å². The lowest BCUT2D eigenvalue weighted by Crippen LogP contribution is -2.39. The number of alkyl halides is 3. The molecule has 0 atom stereocenters. The minimum Gasteiger partial charge on any atom is -0.439 e. The molecule has 2 heterocycles. The molecule has 27 heavy (non-hydrogen) atoms. The minimum absolute atomic E-state index is 0.0571. The Morgan fingerprint density at radius 3 is 2.41 bits per heavy atom. The predicted molar refractivity (Wildman–Crippen MR) is 93.4 cm³/mol. The Morgan fingerprint density at radius 1 is 1.00 bits per heavy atom. The second-order valence-corrected chi connectivity index (χ2v) is 6.20. The van der Waals surface area contributed by atoms with Gasteiger partial charge in [-0.25, -0.2) is 0 Å². The highest BCUT2D eigenvalue weighted by atomic mass is 19.4. The topological polar surface area (TPSA) is 59.8 Å². The molecule has 4 rings (SSSR count). The fraction of sp³-hybridized carbons (Fsp3) is 0.263. The van der Waals surface area contributed by atoms with Gasteiger partial charge in [0, 0.05) is 18.5 Å². The molecule has 0 spiro atoms. The third kappa shape index (κ3) is 2.95. The number of fused-ring (bicyclic) bond motifs is 3. The van der Waals surface area contributed by atoms with E-state index in [-0.39, 0.29) is 43.2 Å². The number of ketones is 1. The number of carbonyl (C=O) groups excluding carboxylic acids is 1. The van der Waals surface area contributed by atoms with Crippen LogP contribution in [0.4, 0.5) is 19.1 Å². The number of benzene rings is 2. The maximum atomic E-state index is 13.1. The molecular formula is C19H14F3NO4. The lowest BCUT2D eigenvalue weighted by Gasteiger charge is -2.28. The highest BCUT2D eigenvalue weighted by Gasteiger charge is 2.44. The van der Waals surface area contributed by atoms with E-state index in [9.17, 15) is 22.8 Å². The summed E-state index contributed by atoms with van der Waals surface area (Å²) in [5.41, 5.74) is -1.80. The molecule has 0 unspecified atom stereocenters. The fourth-order valence-electron chi connectivity index (χ4n) is 3.24. The van der Waals surface area contributed by atoms with E-state index < -0.39 is 23.0 Å². The first-order chi connectivity index (χ1) is 12.9. The van der Waals surface area contributed by atoms with Crippen molar-refractivity contribution in [1.82, 2.24) is 0 Å². The Hall–Kier alpha value is -2.87. The molecule has 140 valence electrons. The third-order valence-corrected chi connectivity index (χ3v) is 4.55. The van der Waals surface area contributed by atoms with Crippen molar-refractivity contribution in [1.29, 1.82) is 0 Å². The van der Waals surface area contributed by atoms with Gasteiger partial charge in [-0.15, -0.1) is 0 Å². The predicted octanol–water partition coefficient (Wildman–Crippen LogP) is 3.53. The van der Waals surface area contributed by atoms with E-state index >= 15 is 0 Å². The number of rotatable bonds is 2. The van der Waals surface area contributed by atoms with Crippen LogP contribution >= 0.6 is 0 Å². The summed E-state index contributed by atoms with van der Waals surface area (Å²) in [7, 11) is 0. The van der Waals surface area contributed by atoms with E-state index in [0.29, 0.717) is 5.39 Å². The quantitative estimate of drug-likeness (QED) is 0.505. The zero-order valence-electron chi connectivity index (χ0n) is 14.0. The summed E-state index contributed by atoms with van der Waals surface area (Å²) < 4.78 is 50.4. The van der Waals surface area contributed by atoms with E-state index in [2.05, 4.69) is 0 Å². The summed E-state index contributed by atoms with van der Waals surface area (Å²) in [5, 5.41) is 1.31. The number of halogens is 3. The van der Waals surface area contributed by atoms with Gasteiger partial charge in [0.2, 0.25) is 11.3 Å². The number of hydrogen-bond donors (Lipinski definition) is 0. The van der Waals surface area contributed by atoms with Crippen molar-refractivity contribution in [2.24, 2.45) is 0 Å². The minimum atomic E-state index is -5.18. The highest BCUT2D eigenvalue weighted by Crippen LogP contribution is 2.32. The molecular weight excluding hydrogens is 363 g/mol. The van der Waals surface area contributed by atoms with Gasteiger partial charge in [-0.1, -0.05) is 30.3 Å². The Bertz CT molecular complexity index is 1100. The first-order valence-electron chi connectivity index (χ1n) is 8.30. The van der Waals surface area contributed by atoms with Crippen LogP contribution in [0.25, 0.3) is 21.7 Å². The first-order valence-corrected chi connectivity index (χ1v) is 8.30. The molecule has 1 fully saturated rings. The maximum absolute atomic E-state index is 13.1. The molecule has 0 N–H and O–H groups in total. The number of anilines is 1. The summed E-state index contributed by atoms with van der Waals surface area (Å²) >= 11 is 0. The second-order valence-electron chi connectivity index (χ2n) is 6.20. The standard InChI is InChI=1S/C19H14F3NO4/c20-19(21,22)17(25)14-15(24)13-6-5-11-3-1-2-4-12(11)16(13)27-18(14)23-7-9-26-10-8-23/h1-6H,7-10H2. The summed E-state index contributed by atoms with van der Waals surface area (Å²) in [5.74, 6) is -2.55. The van der Waals surface area contributed by atoms with Gasteiger partial charge >= 0.3 is 6.18 Å². The van der Waals surface area contributed by atoms with E-state index in [1.54, 1.807) is 30.3 Å². The van der Waals surface area contributed by atoms with Gasteiger partial charge < -0.3 is 14.1 Å². The van der Waals surface area contributed by atoms with Crippen LogP contribution in [0.1, 0.15) is 10.4 Å². The lowest BCUT2D eigenvalue weighted by atomic mass is 10.0. The molecule has 1 aromatic heterocycles. The zero-order valence-corrected chi connectivity index (χ0v) is 14.0. The zero-order chi connectivity index (χ0) is 19.2. The van der Waals surface area contributed by atoms with E-state index in [1.807, 2.05) is 0 Å². The number of ether oxygens (including phenoxy) is 1. The van der Waals surface area contributed by atoms with Gasteiger partial charge in [0.1, 0.15) is 11.1 Å². The molecule has 1 saturated heterocycles. The van der Waals surface area contributed by atoms with Gasteiger partial charge in [-0.2, -0.15) is 13.2 Å². The van der Waals surface area contributed by atoms with Crippen LogP contribution in [-0.4, -0.2) is 38.3 Å². The average molecular weight is 377 g/mol. The third-order valence-electron chi connectivity index (χ3n) is 4.55. The van der Waals surface area contributed by atoms with Crippen LogP contribution < -0.4 is 10.3 Å². The fourth-order valence-corrected chi connectivity index (χ4v) is 3.24. The summed E-state index contributed by atoms with van der Waals surface area (Å²) in [6, 6.07) is 10.1. The van der Waals surface area contributed by atoms with Crippen molar-refractivity contribution in [2.45, 2.75) is 6.18 Å². The lowest BCUT2D eigenvalue weighted by molar-refractivity contribution is -0.0886. The molecule has 8 heteroatoms. The number of Topliss-reactive ketones (excluding diaryl/α,β-unsaturated/α-hetero) is 1. The summed E-state index contributed by atoms with van der Waals surface area (Å²) in [6.07, 6.45) is -5.18. The Kier molecular flexibility index (Phi) is 4.15. The van der Waals surface area contributed by atoms with E-state index in [0.717, 1.165) is 5.39 Å². The molecule has 1 aliphatic rings. The SMILES string of the molecule is O=C(c1c(N2CCOCC2)oc2c(ccc3ccccc32)c1=O)C(F)(F)F. The van der Waals surface area contributed by atoms with Crippen LogP contribution in [0.15, 0.2) is 45.6 Å². The normalized spacial score (nSPS) is 15.4. The number of carbonyl (C=O) groups is 1. The molecule has 5 nitrogen and oxygen atoms in total. The maximum Gasteiger partial charge on any atom is 0.455 e. The molecule has 2 aromatic carbocycles. The van der Waals surface area contributed by atoms with Gasteiger partial charge in [-0.05, 0) is 11.5 Å². The van der Waals surface area contributed by atoms with Gasteiger partial charge in [0.25, 0.3) is 5.78 Å². The first kappa shape index (κ1) is 17.5. The molecule has 0 radical (unpaired) electrons. The number of hydrogen-bond acceptors (Lipinski definition) is 5. The molecule has 1 aliphatic heterocycles. The van der Waals surface area contributed by atoms with Crippen molar-refractivity contribution in [2.75, 3.05) is 31.2 Å².